The van der Waals surface area contributed by atoms with Gasteiger partial charge in [0.15, 0.2) is 0 Å². The number of benzene rings is 1. The SMILES string of the molecule is C=C1/C=C(C(N)=O)\C=C/C/C=C(/C(CC)(CC)c2ccc(OCC(O)(CC)CC)c(C)c2)S1. The molecule has 0 aliphatic carbocycles. The number of thioether (sulfide) groups is 1. The highest BCUT2D eigenvalue weighted by Crippen LogP contribution is 2.48. The summed E-state index contributed by atoms with van der Waals surface area (Å²) in [6, 6.07) is 6.37. The van der Waals surface area contributed by atoms with Crippen molar-refractivity contribution >= 4 is 17.7 Å². The molecule has 1 aromatic rings. The van der Waals surface area contributed by atoms with Crippen molar-refractivity contribution in [1.29, 1.82) is 0 Å². The first kappa shape index (κ1) is 27.0. The van der Waals surface area contributed by atoms with Gasteiger partial charge in [-0.25, -0.2) is 0 Å². The molecule has 0 spiro atoms. The zero-order valence-corrected chi connectivity index (χ0v) is 21.6. The molecule has 1 aliphatic rings. The molecule has 0 radical (unpaired) electrons. The van der Waals surface area contributed by atoms with Gasteiger partial charge in [-0.3, -0.25) is 4.79 Å². The molecule has 5 heteroatoms. The van der Waals surface area contributed by atoms with E-state index in [1.165, 1.54) is 10.5 Å². The van der Waals surface area contributed by atoms with Crippen LogP contribution in [0, 0.1) is 6.92 Å². The number of primary amides is 1. The minimum absolute atomic E-state index is 0.177. The van der Waals surface area contributed by atoms with Crippen LogP contribution in [0.1, 0.15) is 70.9 Å². The quantitative estimate of drug-likeness (QED) is 0.411. The first-order valence-electron chi connectivity index (χ1n) is 11.9. The highest BCUT2D eigenvalue weighted by Gasteiger charge is 2.34. The van der Waals surface area contributed by atoms with E-state index in [0.717, 1.165) is 35.5 Å². The molecule has 0 unspecified atom stereocenters. The van der Waals surface area contributed by atoms with Crippen LogP contribution in [0.5, 0.6) is 5.75 Å². The van der Waals surface area contributed by atoms with Crippen molar-refractivity contribution in [3.8, 4) is 5.75 Å². The van der Waals surface area contributed by atoms with Gasteiger partial charge < -0.3 is 15.6 Å². The van der Waals surface area contributed by atoms with Crippen molar-refractivity contribution in [3.05, 3.63) is 75.6 Å². The molecule has 0 saturated heterocycles. The van der Waals surface area contributed by atoms with Gasteiger partial charge in [-0.1, -0.05) is 76.4 Å². The predicted molar refractivity (Wildman–Crippen MR) is 140 cm³/mol. The first-order chi connectivity index (χ1) is 15.6. The molecule has 0 saturated carbocycles. The van der Waals surface area contributed by atoms with Crippen LogP contribution in [0.2, 0.25) is 0 Å². The standard InChI is InChI=1S/C28H39NO3S/c1-7-27(31,8-2)19-32-24-16-15-23(17-20(24)5)28(9-3,10-4)25-14-12-11-13-22(26(29)30)18-21(6)33-25/h11,13-18,31H,6-10,12,19H2,1-5H3,(H2,29,30)/b13-11-,22-18+,25-14-. The summed E-state index contributed by atoms with van der Waals surface area (Å²) in [6.07, 6.45) is 11.6. The zero-order valence-electron chi connectivity index (χ0n) is 20.7. The van der Waals surface area contributed by atoms with E-state index in [1.807, 2.05) is 26.0 Å². The van der Waals surface area contributed by atoms with Crippen LogP contribution < -0.4 is 10.5 Å². The molecule has 3 N–H and O–H groups in total. The molecule has 0 aromatic heterocycles. The Bertz CT molecular complexity index is 950. The fourth-order valence-electron chi connectivity index (χ4n) is 4.17. The summed E-state index contributed by atoms with van der Waals surface area (Å²) < 4.78 is 6.02. The van der Waals surface area contributed by atoms with Crippen molar-refractivity contribution in [1.82, 2.24) is 0 Å². The predicted octanol–water partition coefficient (Wildman–Crippen LogP) is 6.49. The third kappa shape index (κ3) is 6.42. The number of carbonyl (C=O) groups is 1. The van der Waals surface area contributed by atoms with Crippen molar-refractivity contribution in [2.45, 2.75) is 77.7 Å². The van der Waals surface area contributed by atoms with E-state index in [0.29, 0.717) is 18.4 Å². The van der Waals surface area contributed by atoms with E-state index < -0.39 is 11.5 Å². The maximum Gasteiger partial charge on any atom is 0.248 e. The second kappa shape index (κ2) is 11.8. The van der Waals surface area contributed by atoms with Crippen molar-refractivity contribution in [2.24, 2.45) is 5.73 Å². The Kier molecular flexibility index (Phi) is 9.62. The van der Waals surface area contributed by atoms with Gasteiger partial charge in [-0.15, -0.1) is 0 Å². The molecule has 0 bridgehead atoms. The summed E-state index contributed by atoms with van der Waals surface area (Å²) in [5.41, 5.74) is 7.29. The third-order valence-corrected chi connectivity index (χ3v) is 7.96. The summed E-state index contributed by atoms with van der Waals surface area (Å²) in [5, 5.41) is 10.6. The molecule has 0 fully saturated rings. The first-order valence-corrected chi connectivity index (χ1v) is 12.7. The highest BCUT2D eigenvalue weighted by molar-refractivity contribution is 8.07. The van der Waals surface area contributed by atoms with E-state index >= 15 is 0 Å². The molecule has 2 rings (SSSR count). The van der Waals surface area contributed by atoms with E-state index in [9.17, 15) is 9.90 Å². The molecule has 1 aromatic carbocycles. The maximum absolute atomic E-state index is 11.7. The van der Waals surface area contributed by atoms with Gasteiger partial charge in [0.1, 0.15) is 12.4 Å². The molecule has 1 amide bonds. The monoisotopic (exact) mass is 469 g/mol. The Hall–Kier alpha value is -2.24. The van der Waals surface area contributed by atoms with E-state index in [2.05, 4.69) is 45.6 Å². The van der Waals surface area contributed by atoms with Crippen molar-refractivity contribution in [2.75, 3.05) is 6.61 Å². The third-order valence-electron chi connectivity index (χ3n) is 6.80. The fraction of sp³-hybridized carbons (Fsp3) is 0.464. The van der Waals surface area contributed by atoms with E-state index in [1.54, 1.807) is 23.9 Å². The molecular weight excluding hydrogens is 430 g/mol. The van der Waals surface area contributed by atoms with E-state index in [4.69, 9.17) is 10.5 Å². The van der Waals surface area contributed by atoms with Crippen LogP contribution in [0.25, 0.3) is 0 Å². The Balaban J connectivity index is 2.40. The molecule has 0 atom stereocenters. The number of amides is 1. The molecule has 180 valence electrons. The Morgan fingerprint density at radius 2 is 1.85 bits per heavy atom. The number of aryl methyl sites for hydroxylation is 1. The summed E-state index contributed by atoms with van der Waals surface area (Å²) in [6.45, 7) is 14.9. The average molecular weight is 470 g/mol. The van der Waals surface area contributed by atoms with E-state index in [-0.39, 0.29) is 12.0 Å². The highest BCUT2D eigenvalue weighted by atomic mass is 32.2. The van der Waals surface area contributed by atoms with Crippen LogP contribution in [-0.4, -0.2) is 23.2 Å². The number of allylic oxidation sites excluding steroid dienone is 4. The normalized spacial score (nSPS) is 19.4. The Morgan fingerprint density at radius 3 is 2.39 bits per heavy atom. The Morgan fingerprint density at radius 1 is 1.18 bits per heavy atom. The summed E-state index contributed by atoms with van der Waals surface area (Å²) >= 11 is 1.61. The average Bonchev–Trinajstić information content (AvgIpc) is 2.90. The van der Waals surface area contributed by atoms with Gasteiger partial charge in [-0.2, -0.15) is 0 Å². The van der Waals surface area contributed by atoms with Crippen LogP contribution in [0.4, 0.5) is 0 Å². The van der Waals surface area contributed by atoms with Crippen LogP contribution in [0.15, 0.2) is 64.5 Å². The second-order valence-electron chi connectivity index (χ2n) is 8.73. The lowest BCUT2D eigenvalue weighted by molar-refractivity contribution is -0.114. The Labute approximate surface area is 203 Å². The van der Waals surface area contributed by atoms with Gasteiger partial charge in [0.25, 0.3) is 0 Å². The lowest BCUT2D eigenvalue weighted by atomic mass is 9.74. The van der Waals surface area contributed by atoms with Gasteiger partial charge >= 0.3 is 0 Å². The number of hydrogen-bond acceptors (Lipinski definition) is 4. The maximum atomic E-state index is 11.7. The largest absolute Gasteiger partial charge is 0.490 e. The fourth-order valence-corrected chi connectivity index (χ4v) is 5.42. The number of nitrogens with two attached hydrogens (primary N) is 1. The smallest absolute Gasteiger partial charge is 0.248 e. The number of carbonyl (C=O) groups excluding carboxylic acids is 1. The number of rotatable bonds is 10. The van der Waals surface area contributed by atoms with Crippen molar-refractivity contribution in [3.63, 3.8) is 0 Å². The van der Waals surface area contributed by atoms with Crippen molar-refractivity contribution < 1.29 is 14.6 Å². The van der Waals surface area contributed by atoms with Crippen LogP contribution in [-0.2, 0) is 10.2 Å². The minimum atomic E-state index is -0.800. The second-order valence-corrected chi connectivity index (χ2v) is 9.90. The molecule has 1 aliphatic heterocycles. The molecular formula is C28H39NO3S. The number of ether oxygens (including phenoxy) is 1. The van der Waals surface area contributed by atoms with Crippen LogP contribution in [0.3, 0.4) is 0 Å². The molecule has 1 heterocycles. The van der Waals surface area contributed by atoms with Gasteiger partial charge in [0.2, 0.25) is 5.91 Å². The topological polar surface area (TPSA) is 72.6 Å². The summed E-state index contributed by atoms with van der Waals surface area (Å²) in [4.78, 5) is 13.7. The lowest BCUT2D eigenvalue weighted by Gasteiger charge is -2.36. The van der Waals surface area contributed by atoms with Gasteiger partial charge in [-0.05, 0) is 67.2 Å². The number of hydrogen-bond donors (Lipinski definition) is 2. The molecule has 33 heavy (non-hydrogen) atoms. The minimum Gasteiger partial charge on any atom is -0.490 e. The van der Waals surface area contributed by atoms with Gasteiger partial charge in [0.05, 0.1) is 5.60 Å². The zero-order chi connectivity index (χ0) is 24.6. The molecule has 4 nitrogen and oxygen atoms in total. The van der Waals surface area contributed by atoms with Gasteiger partial charge in [0, 0.05) is 15.9 Å². The summed E-state index contributed by atoms with van der Waals surface area (Å²) in [7, 11) is 0. The summed E-state index contributed by atoms with van der Waals surface area (Å²) in [5.74, 6) is 0.357. The lowest BCUT2D eigenvalue weighted by Crippen LogP contribution is -2.34. The van der Waals surface area contributed by atoms with Crippen LogP contribution >= 0.6 is 11.8 Å². The number of aliphatic hydroxyl groups is 1.